The Labute approximate surface area is 69.2 Å². The van der Waals surface area contributed by atoms with Crippen LogP contribution in [0.15, 0.2) is 10.6 Å². The second-order valence-corrected chi connectivity index (χ2v) is 5.83. The van der Waals surface area contributed by atoms with Gasteiger partial charge in [0.1, 0.15) is 0 Å². The van der Waals surface area contributed by atoms with Gasteiger partial charge in [-0.1, -0.05) is 5.57 Å². The Morgan fingerprint density at radius 3 is 1.17 bits per heavy atom. The van der Waals surface area contributed by atoms with Crippen LogP contribution in [0.25, 0.3) is 0 Å². The van der Waals surface area contributed by atoms with E-state index < -0.39 is 20.2 Å². The molecule has 0 aromatic rings. The van der Waals surface area contributed by atoms with Gasteiger partial charge in [-0.3, -0.25) is 9.13 Å². The van der Waals surface area contributed by atoms with Crippen LogP contribution in [-0.4, -0.2) is 19.6 Å². The van der Waals surface area contributed by atoms with Crippen molar-refractivity contribution in [3.63, 3.8) is 0 Å². The van der Waals surface area contributed by atoms with E-state index in [4.69, 9.17) is 19.6 Å². The summed E-state index contributed by atoms with van der Waals surface area (Å²) < 4.78 is 21.1. The van der Waals surface area contributed by atoms with Crippen LogP contribution in [0, 0.1) is 0 Å². The molecule has 0 fully saturated rings. The van der Waals surface area contributed by atoms with Crippen LogP contribution in [0.5, 0.6) is 0 Å². The summed E-state index contributed by atoms with van der Waals surface area (Å²) in [5, 5.41) is -1.09. The van der Waals surface area contributed by atoms with Gasteiger partial charge in [-0.25, -0.2) is 0 Å². The van der Waals surface area contributed by atoms with Gasteiger partial charge in [0.05, 0.1) is 0 Å². The third-order valence-electron chi connectivity index (χ3n) is 0.999. The van der Waals surface area contributed by atoms with Crippen molar-refractivity contribution in [3.8, 4) is 0 Å². The van der Waals surface area contributed by atoms with Crippen LogP contribution in [0.3, 0.4) is 0 Å². The fraction of sp³-hybridized carbons (Fsp3) is 0.500. The zero-order valence-corrected chi connectivity index (χ0v) is 8.29. The minimum Gasteiger partial charge on any atom is -0.321 e. The predicted molar refractivity (Wildman–Crippen MR) is 42.5 cm³/mol. The molecule has 0 unspecified atom stereocenters. The molecule has 4 N–H and O–H groups in total. The molecule has 12 heavy (non-hydrogen) atoms. The average Bonchev–Trinajstić information content (AvgIpc) is 1.49. The largest absolute Gasteiger partial charge is 0.364 e. The quantitative estimate of drug-likeness (QED) is 0.502. The van der Waals surface area contributed by atoms with Crippen LogP contribution < -0.4 is 0 Å². The minimum absolute atomic E-state index is 0.0586. The maximum absolute atomic E-state index is 10.6. The molecule has 6 nitrogen and oxygen atoms in total. The molecule has 0 saturated heterocycles. The van der Waals surface area contributed by atoms with Gasteiger partial charge in [0.15, 0.2) is 5.06 Å². The summed E-state index contributed by atoms with van der Waals surface area (Å²) >= 11 is 0. The first kappa shape index (κ1) is 12.0. The van der Waals surface area contributed by atoms with E-state index in [1.807, 2.05) is 0 Å². The first-order valence-electron chi connectivity index (χ1n) is 2.86. The van der Waals surface area contributed by atoms with Crippen LogP contribution in [0.4, 0.5) is 0 Å². The van der Waals surface area contributed by atoms with Crippen molar-refractivity contribution < 1.29 is 28.7 Å². The van der Waals surface area contributed by atoms with Crippen molar-refractivity contribution in [1.82, 2.24) is 0 Å². The van der Waals surface area contributed by atoms with Crippen LogP contribution in [0.2, 0.25) is 0 Å². The molecule has 0 aromatic carbocycles. The van der Waals surface area contributed by atoms with Gasteiger partial charge >= 0.3 is 15.2 Å². The Morgan fingerprint density at radius 1 is 0.917 bits per heavy atom. The van der Waals surface area contributed by atoms with E-state index in [9.17, 15) is 9.13 Å². The fourth-order valence-corrected chi connectivity index (χ4v) is 3.27. The zero-order valence-electron chi connectivity index (χ0n) is 6.50. The summed E-state index contributed by atoms with van der Waals surface area (Å²) in [5.74, 6) is 0. The highest BCUT2D eigenvalue weighted by Crippen LogP contribution is 2.64. The molecule has 0 amide bonds. The van der Waals surface area contributed by atoms with E-state index in [0.29, 0.717) is 0 Å². The molecule has 72 valence electrons. The third kappa shape index (κ3) is 3.19. The van der Waals surface area contributed by atoms with Crippen LogP contribution in [0.1, 0.15) is 13.8 Å². The highest BCUT2D eigenvalue weighted by Gasteiger charge is 2.36. The van der Waals surface area contributed by atoms with Crippen molar-refractivity contribution in [1.29, 1.82) is 0 Å². The van der Waals surface area contributed by atoms with Crippen molar-refractivity contribution in [3.05, 3.63) is 10.6 Å². The lowest BCUT2D eigenvalue weighted by Crippen LogP contribution is -1.90. The zero-order chi connectivity index (χ0) is 10.2. The average molecular weight is 216 g/mol. The maximum Gasteiger partial charge on any atom is 0.364 e. The van der Waals surface area contributed by atoms with Crippen LogP contribution >= 0.6 is 15.2 Å². The molecule has 0 radical (unpaired) electrons. The standard InChI is InChI=1S/C4H10O6P2/c1-3(2)4(11(5,6)7)12(8,9)10/h1-2H3,(H2,5,6,7)(H2,8,9,10). The van der Waals surface area contributed by atoms with E-state index >= 15 is 0 Å². The highest BCUT2D eigenvalue weighted by atomic mass is 31.2. The van der Waals surface area contributed by atoms with Crippen molar-refractivity contribution >= 4 is 15.2 Å². The summed E-state index contributed by atoms with van der Waals surface area (Å²) in [6.07, 6.45) is 0. The number of allylic oxidation sites excluding steroid dienone is 1. The second-order valence-electron chi connectivity index (χ2n) is 2.41. The molecule has 0 saturated carbocycles. The summed E-state index contributed by atoms with van der Waals surface area (Å²) in [6, 6.07) is 0. The normalized spacial score (nSPS) is 12.8. The molecule has 0 aliphatic carbocycles. The van der Waals surface area contributed by atoms with Gasteiger partial charge in [-0.15, -0.1) is 0 Å². The predicted octanol–water partition coefficient (Wildman–Crippen LogP) is 0.593. The molecule has 8 heteroatoms. The highest BCUT2D eigenvalue weighted by molar-refractivity contribution is 7.77. The fourth-order valence-electron chi connectivity index (χ4n) is 0.752. The molecular weight excluding hydrogens is 206 g/mol. The Kier molecular flexibility index (Phi) is 3.43. The summed E-state index contributed by atoms with van der Waals surface area (Å²) in [4.78, 5) is 34.2. The summed E-state index contributed by atoms with van der Waals surface area (Å²) in [6.45, 7) is 2.46. The monoisotopic (exact) mass is 216 g/mol. The van der Waals surface area contributed by atoms with E-state index in [2.05, 4.69) is 0 Å². The molecule has 0 aliphatic heterocycles. The van der Waals surface area contributed by atoms with Gasteiger partial charge < -0.3 is 19.6 Å². The number of rotatable bonds is 2. The first-order chi connectivity index (χ1) is 5.07. The topological polar surface area (TPSA) is 115 Å². The Hall–Kier alpha value is 0.0400. The van der Waals surface area contributed by atoms with E-state index in [0.717, 1.165) is 0 Å². The van der Waals surface area contributed by atoms with E-state index in [1.165, 1.54) is 13.8 Å². The van der Waals surface area contributed by atoms with Gasteiger partial charge in [-0.2, -0.15) is 0 Å². The summed E-state index contributed by atoms with van der Waals surface area (Å²) in [5.41, 5.74) is -0.0586. The lowest BCUT2D eigenvalue weighted by molar-refractivity contribution is 0.367. The SMILES string of the molecule is CC(C)=C(P(=O)(O)O)P(=O)(O)O. The van der Waals surface area contributed by atoms with Crippen molar-refractivity contribution in [2.45, 2.75) is 13.8 Å². The van der Waals surface area contributed by atoms with Crippen LogP contribution in [-0.2, 0) is 9.13 Å². The van der Waals surface area contributed by atoms with Gasteiger partial charge in [0, 0.05) is 0 Å². The lowest BCUT2D eigenvalue weighted by atomic mass is 10.4. The molecular formula is C4H10O6P2. The molecule has 0 heterocycles. The van der Waals surface area contributed by atoms with Gasteiger partial charge in [-0.05, 0) is 13.8 Å². The van der Waals surface area contributed by atoms with Gasteiger partial charge in [0.25, 0.3) is 0 Å². The van der Waals surface area contributed by atoms with Crippen molar-refractivity contribution in [2.24, 2.45) is 0 Å². The maximum atomic E-state index is 10.6. The van der Waals surface area contributed by atoms with Gasteiger partial charge in [0.2, 0.25) is 0 Å². The lowest BCUT2D eigenvalue weighted by Gasteiger charge is -2.12. The van der Waals surface area contributed by atoms with Crippen molar-refractivity contribution in [2.75, 3.05) is 0 Å². The Morgan fingerprint density at radius 2 is 1.17 bits per heavy atom. The van der Waals surface area contributed by atoms with E-state index in [1.54, 1.807) is 0 Å². The molecule has 0 bridgehead atoms. The molecule has 0 rings (SSSR count). The minimum atomic E-state index is -4.84. The third-order valence-corrected chi connectivity index (χ3v) is 4.56. The number of hydrogen-bond donors (Lipinski definition) is 4. The number of hydrogen-bond acceptors (Lipinski definition) is 2. The molecule has 0 atom stereocenters. The first-order valence-corrected chi connectivity index (χ1v) is 6.09. The van der Waals surface area contributed by atoms with E-state index in [-0.39, 0.29) is 5.57 Å². The molecule has 0 spiro atoms. The molecule has 0 aromatic heterocycles. The Balaban J connectivity index is 5.45. The second kappa shape index (κ2) is 3.42. The molecule has 0 aliphatic rings. The Bertz CT molecular complexity index is 265. The smallest absolute Gasteiger partial charge is 0.321 e. The summed E-state index contributed by atoms with van der Waals surface area (Å²) in [7, 11) is -9.67.